The van der Waals surface area contributed by atoms with Gasteiger partial charge in [-0.3, -0.25) is 9.69 Å². The first-order valence-electron chi connectivity index (χ1n) is 17.3. The lowest BCUT2D eigenvalue weighted by Crippen LogP contribution is -2.47. The molecule has 6 rings (SSSR count). The van der Waals surface area contributed by atoms with Gasteiger partial charge >= 0.3 is 5.97 Å². The minimum absolute atomic E-state index is 0.0292. The molecule has 2 N–H and O–H groups in total. The number of anilines is 1. The number of carbonyl (C=O) groups is 1. The second kappa shape index (κ2) is 17.5. The summed E-state index contributed by atoms with van der Waals surface area (Å²) < 4.78 is 40.5. The molecule has 0 radical (unpaired) electrons. The third-order valence-corrected chi connectivity index (χ3v) is 11.7. The number of carboxylic acid groups (broad SMARTS) is 1. The molecule has 9 nitrogen and oxygen atoms in total. The number of halogens is 1. The monoisotopic (exact) mass is 746 g/mol. The van der Waals surface area contributed by atoms with Crippen molar-refractivity contribution in [1.29, 1.82) is 0 Å². The number of ether oxygens (including phenoxy) is 1. The first kappa shape index (κ1) is 36.8. The number of nitrogens with zero attached hydrogens (tertiary/aromatic N) is 3. The van der Waals surface area contributed by atoms with Gasteiger partial charge in [-0.05, 0) is 108 Å². The smallest absolute Gasteiger partial charge is 0.303 e. The van der Waals surface area contributed by atoms with Crippen LogP contribution in [0.5, 0.6) is 5.75 Å². The zero-order valence-electron chi connectivity index (χ0n) is 28.5. The Morgan fingerprint density at radius 2 is 1.55 bits per heavy atom. The number of benzene rings is 4. The van der Waals surface area contributed by atoms with E-state index in [0.29, 0.717) is 24.5 Å². The van der Waals surface area contributed by atoms with Gasteiger partial charge in [0, 0.05) is 56.1 Å². The molecule has 4 aromatic carbocycles. The maximum absolute atomic E-state index is 12.8. The van der Waals surface area contributed by atoms with Gasteiger partial charge in [0.2, 0.25) is 10.0 Å². The number of aryl methyl sites for hydroxylation is 3. The van der Waals surface area contributed by atoms with E-state index in [-0.39, 0.29) is 17.9 Å². The van der Waals surface area contributed by atoms with Gasteiger partial charge in [0.05, 0.1) is 16.2 Å². The van der Waals surface area contributed by atoms with Crippen LogP contribution in [-0.2, 0) is 40.5 Å². The van der Waals surface area contributed by atoms with Gasteiger partial charge in [0.15, 0.2) is 0 Å². The Bertz CT molecular complexity index is 2030. The molecule has 1 aliphatic heterocycles. The molecule has 2 heterocycles. The Balaban J connectivity index is 0.996. The molecule has 1 aromatic heterocycles. The summed E-state index contributed by atoms with van der Waals surface area (Å²) in [4.78, 5) is 16.4. The van der Waals surface area contributed by atoms with E-state index in [0.717, 1.165) is 85.8 Å². The highest BCUT2D eigenvalue weighted by atomic mass is 35.5. The molecule has 51 heavy (non-hydrogen) atoms. The standard InChI is InChI=1S/C39H43ClN4O5S2/c40-33-13-15-34(16-14-33)51(47,48)41-19-18-31-27-29(26-30(28-31)11-17-38(45)46)10-12-32-6-1-3-8-36(32)49-25-5-20-43-21-23-44(24-22-43)39-35-7-2-4-9-37(35)50-42-39/h1-4,6-9,13-16,26-28,41H,5,10-12,17-25H2,(H,45,46). The van der Waals surface area contributed by atoms with Gasteiger partial charge < -0.3 is 14.7 Å². The summed E-state index contributed by atoms with van der Waals surface area (Å²) in [6.07, 6.45) is 3.34. The number of rotatable bonds is 17. The van der Waals surface area contributed by atoms with Gasteiger partial charge in [0.1, 0.15) is 11.6 Å². The molecule has 1 saturated heterocycles. The molecule has 12 heteroatoms. The summed E-state index contributed by atoms with van der Waals surface area (Å²) >= 11 is 7.48. The Morgan fingerprint density at radius 3 is 2.31 bits per heavy atom. The Morgan fingerprint density at radius 1 is 0.863 bits per heavy atom. The molecular formula is C39H43ClN4O5S2. The number of hydrogen-bond donors (Lipinski definition) is 2. The fourth-order valence-electron chi connectivity index (χ4n) is 6.43. The van der Waals surface area contributed by atoms with E-state index in [4.69, 9.17) is 20.7 Å². The number of fused-ring (bicyclic) bond motifs is 1. The van der Waals surface area contributed by atoms with Crippen molar-refractivity contribution < 1.29 is 23.1 Å². The molecule has 1 fully saturated rings. The lowest BCUT2D eigenvalue weighted by Gasteiger charge is -2.35. The van der Waals surface area contributed by atoms with E-state index in [1.54, 1.807) is 23.7 Å². The van der Waals surface area contributed by atoms with Crippen LogP contribution < -0.4 is 14.4 Å². The van der Waals surface area contributed by atoms with Crippen LogP contribution in [0.2, 0.25) is 5.02 Å². The summed E-state index contributed by atoms with van der Waals surface area (Å²) in [5, 5.41) is 11.0. The molecule has 5 aromatic rings. The van der Waals surface area contributed by atoms with Crippen molar-refractivity contribution in [2.24, 2.45) is 0 Å². The average Bonchev–Trinajstić information content (AvgIpc) is 3.57. The number of carboxylic acids is 1. The molecule has 1 aliphatic rings. The van der Waals surface area contributed by atoms with Crippen LogP contribution in [0.15, 0.2) is 95.9 Å². The lowest BCUT2D eigenvalue weighted by atomic mass is 9.96. The van der Waals surface area contributed by atoms with Crippen LogP contribution in [0.3, 0.4) is 0 Å². The van der Waals surface area contributed by atoms with Crippen LogP contribution in [0.25, 0.3) is 10.1 Å². The molecular weight excluding hydrogens is 704 g/mol. The zero-order valence-corrected chi connectivity index (χ0v) is 30.9. The molecule has 0 saturated carbocycles. The molecule has 0 aliphatic carbocycles. The highest BCUT2D eigenvalue weighted by molar-refractivity contribution is 7.89. The predicted molar refractivity (Wildman–Crippen MR) is 205 cm³/mol. The molecule has 0 bridgehead atoms. The normalized spacial score (nSPS) is 13.9. The highest BCUT2D eigenvalue weighted by Crippen LogP contribution is 2.30. The minimum atomic E-state index is -3.68. The largest absolute Gasteiger partial charge is 0.493 e. The fraction of sp³-hybridized carbons (Fsp3) is 0.333. The average molecular weight is 747 g/mol. The number of nitrogens with one attached hydrogen (secondary N) is 1. The zero-order chi connectivity index (χ0) is 35.6. The van der Waals surface area contributed by atoms with Gasteiger partial charge in [0.25, 0.3) is 0 Å². The Hall–Kier alpha value is -4.00. The van der Waals surface area contributed by atoms with Crippen LogP contribution in [-0.4, -0.2) is 74.6 Å². The van der Waals surface area contributed by atoms with Crippen molar-refractivity contribution in [3.63, 3.8) is 0 Å². The summed E-state index contributed by atoms with van der Waals surface area (Å²) in [7, 11) is -3.68. The van der Waals surface area contributed by atoms with Crippen molar-refractivity contribution in [2.75, 3.05) is 50.8 Å². The fourth-order valence-corrected chi connectivity index (χ4v) is 8.39. The van der Waals surface area contributed by atoms with Gasteiger partial charge in [-0.2, -0.15) is 4.37 Å². The minimum Gasteiger partial charge on any atom is -0.493 e. The second-order valence-electron chi connectivity index (χ2n) is 12.8. The first-order valence-corrected chi connectivity index (χ1v) is 20.0. The molecule has 268 valence electrons. The molecule has 0 amide bonds. The topological polar surface area (TPSA) is 112 Å². The van der Waals surface area contributed by atoms with Crippen molar-refractivity contribution in [1.82, 2.24) is 14.0 Å². The Labute approximate surface area is 309 Å². The number of sulfonamides is 1. The van der Waals surface area contributed by atoms with E-state index in [1.807, 2.05) is 24.3 Å². The molecule has 0 unspecified atom stereocenters. The highest BCUT2D eigenvalue weighted by Gasteiger charge is 2.20. The van der Waals surface area contributed by atoms with E-state index in [9.17, 15) is 18.3 Å². The SMILES string of the molecule is O=C(O)CCc1cc(CCNS(=O)(=O)c2ccc(Cl)cc2)cc(CCc2ccccc2OCCCN2CCN(c3nsc4ccccc34)CC2)c1. The maximum atomic E-state index is 12.8. The van der Waals surface area contributed by atoms with E-state index < -0.39 is 16.0 Å². The number of piperazine rings is 1. The van der Waals surface area contributed by atoms with Gasteiger partial charge in [-0.25, -0.2) is 13.1 Å². The summed E-state index contributed by atoms with van der Waals surface area (Å²) in [5.74, 6) is 1.14. The quantitative estimate of drug-likeness (QED) is 0.0994. The van der Waals surface area contributed by atoms with Crippen LogP contribution in [0.1, 0.15) is 35.1 Å². The van der Waals surface area contributed by atoms with E-state index in [1.165, 1.54) is 22.2 Å². The number of aliphatic carboxylic acids is 1. The predicted octanol–water partition coefficient (Wildman–Crippen LogP) is 6.86. The Kier molecular flexibility index (Phi) is 12.6. The second-order valence-corrected chi connectivity index (χ2v) is 15.8. The molecule has 0 spiro atoms. The summed E-state index contributed by atoms with van der Waals surface area (Å²) in [6.45, 7) is 5.77. The number of aromatic nitrogens is 1. The summed E-state index contributed by atoms with van der Waals surface area (Å²) in [5.41, 5.74) is 4.08. The lowest BCUT2D eigenvalue weighted by molar-refractivity contribution is -0.136. The number of hydrogen-bond acceptors (Lipinski definition) is 8. The van der Waals surface area contributed by atoms with Gasteiger partial charge in [-0.15, -0.1) is 0 Å². The molecule has 0 atom stereocenters. The van der Waals surface area contributed by atoms with Crippen LogP contribution in [0, 0.1) is 0 Å². The first-order chi connectivity index (χ1) is 24.7. The van der Waals surface area contributed by atoms with Crippen molar-refractivity contribution in [2.45, 2.75) is 43.4 Å². The van der Waals surface area contributed by atoms with Crippen molar-refractivity contribution in [3.8, 4) is 5.75 Å². The van der Waals surface area contributed by atoms with E-state index in [2.05, 4.69) is 57.0 Å². The van der Waals surface area contributed by atoms with Gasteiger partial charge in [-0.1, -0.05) is 60.1 Å². The summed E-state index contributed by atoms with van der Waals surface area (Å²) in [6, 6.07) is 28.7. The third-order valence-electron chi connectivity index (χ3n) is 9.13. The van der Waals surface area contributed by atoms with Crippen molar-refractivity contribution in [3.05, 3.63) is 118 Å². The maximum Gasteiger partial charge on any atom is 0.303 e. The number of para-hydroxylation sites is 1. The van der Waals surface area contributed by atoms with Crippen LogP contribution in [0.4, 0.5) is 5.82 Å². The third kappa shape index (κ3) is 10.3. The van der Waals surface area contributed by atoms with E-state index >= 15 is 0 Å². The van der Waals surface area contributed by atoms with Crippen molar-refractivity contribution >= 4 is 55.0 Å². The van der Waals surface area contributed by atoms with Crippen LogP contribution >= 0.6 is 23.1 Å².